The zero-order valence-electron chi connectivity index (χ0n) is 16.0. The van der Waals surface area contributed by atoms with Gasteiger partial charge in [0.25, 0.3) is 5.56 Å². The van der Waals surface area contributed by atoms with E-state index in [4.69, 9.17) is 24.7 Å². The number of nitrogens with zero attached hydrogens (tertiary/aromatic N) is 3. The van der Waals surface area contributed by atoms with E-state index in [1.807, 2.05) is 0 Å². The van der Waals surface area contributed by atoms with Gasteiger partial charge in [-0.1, -0.05) is 0 Å². The predicted octanol–water partition coefficient (Wildman–Crippen LogP) is -0.898. The Kier molecular flexibility index (Phi) is 7.25. The molecule has 0 bridgehead atoms. The van der Waals surface area contributed by atoms with E-state index in [2.05, 4.69) is 15.0 Å². The number of anilines is 1. The highest BCUT2D eigenvalue weighted by molar-refractivity contribution is 5.70. The van der Waals surface area contributed by atoms with E-state index in [0.29, 0.717) is 0 Å². The lowest BCUT2D eigenvalue weighted by Gasteiger charge is -2.26. The fourth-order valence-electron chi connectivity index (χ4n) is 2.33. The summed E-state index contributed by atoms with van der Waals surface area (Å²) in [7, 11) is 0. The monoisotopic (exact) mass is 411 g/mol. The van der Waals surface area contributed by atoms with Gasteiger partial charge < -0.3 is 24.7 Å². The fraction of sp³-hybridized carbons (Fsp3) is 0.500. The molecule has 0 spiro atoms. The second-order valence-corrected chi connectivity index (χ2v) is 5.93. The van der Waals surface area contributed by atoms with Gasteiger partial charge in [-0.3, -0.25) is 28.7 Å². The molecule has 0 aliphatic rings. The summed E-state index contributed by atoms with van der Waals surface area (Å²) in [5.74, 6) is -1.92. The van der Waals surface area contributed by atoms with Gasteiger partial charge in [0.2, 0.25) is 5.95 Å². The Morgan fingerprint density at radius 2 is 1.72 bits per heavy atom. The van der Waals surface area contributed by atoms with Crippen LogP contribution in [0.25, 0.3) is 11.2 Å². The van der Waals surface area contributed by atoms with E-state index < -0.39 is 35.7 Å². The van der Waals surface area contributed by atoms with E-state index in [0.717, 1.165) is 0 Å². The van der Waals surface area contributed by atoms with Crippen LogP contribution in [0.5, 0.6) is 0 Å². The quantitative estimate of drug-likeness (QED) is 0.386. The first-order chi connectivity index (χ1) is 13.7. The topological polar surface area (TPSA) is 178 Å². The molecule has 0 saturated heterocycles. The van der Waals surface area contributed by atoms with E-state index in [-0.39, 0.29) is 37.1 Å². The number of imidazole rings is 1. The summed E-state index contributed by atoms with van der Waals surface area (Å²) in [4.78, 5) is 55.9. The number of carbonyl (C=O) groups excluding carboxylic acids is 3. The Labute approximate surface area is 164 Å². The molecular formula is C16H21N5O8. The van der Waals surface area contributed by atoms with Gasteiger partial charge >= 0.3 is 17.9 Å². The average Bonchev–Trinajstić information content (AvgIpc) is 3.01. The average molecular weight is 411 g/mol. The largest absolute Gasteiger partial charge is 0.463 e. The lowest BCUT2D eigenvalue weighted by atomic mass is 10.2. The number of aromatic amines is 1. The number of nitrogen functional groups attached to an aromatic ring is 1. The number of nitrogens with one attached hydrogen (secondary N) is 1. The van der Waals surface area contributed by atoms with Gasteiger partial charge in [-0.25, -0.2) is 4.98 Å². The van der Waals surface area contributed by atoms with Crippen LogP contribution in [0, 0.1) is 0 Å². The van der Waals surface area contributed by atoms with Gasteiger partial charge in [-0.2, -0.15) is 4.98 Å². The molecule has 0 aliphatic heterocycles. The maximum atomic E-state index is 11.9. The van der Waals surface area contributed by atoms with Crippen LogP contribution in [-0.2, 0) is 40.1 Å². The predicted molar refractivity (Wildman–Crippen MR) is 96.3 cm³/mol. The lowest BCUT2D eigenvalue weighted by molar-refractivity contribution is -0.176. The third-order valence-electron chi connectivity index (χ3n) is 3.55. The molecule has 0 amide bonds. The molecule has 0 radical (unpaired) electrons. The molecule has 158 valence electrons. The summed E-state index contributed by atoms with van der Waals surface area (Å²) in [6.07, 6.45) is -0.729. The maximum Gasteiger partial charge on any atom is 0.303 e. The normalized spacial score (nSPS) is 12.9. The summed E-state index contributed by atoms with van der Waals surface area (Å²) in [5.41, 5.74) is 5.25. The number of ether oxygens (including phenoxy) is 4. The van der Waals surface area contributed by atoms with Crippen molar-refractivity contribution in [3.63, 3.8) is 0 Å². The number of carbonyl (C=O) groups is 3. The number of H-pyrrole nitrogens is 1. The number of esters is 3. The van der Waals surface area contributed by atoms with Crippen LogP contribution in [0.15, 0.2) is 11.1 Å². The Morgan fingerprint density at radius 3 is 2.31 bits per heavy atom. The number of hydrogen-bond donors (Lipinski definition) is 2. The van der Waals surface area contributed by atoms with Gasteiger partial charge in [-0.05, 0) is 0 Å². The molecule has 2 atom stereocenters. The number of aromatic nitrogens is 4. The molecule has 0 saturated carbocycles. The number of rotatable bonds is 9. The van der Waals surface area contributed by atoms with Crippen molar-refractivity contribution < 1.29 is 33.3 Å². The minimum absolute atomic E-state index is 0.0517. The van der Waals surface area contributed by atoms with Crippen molar-refractivity contribution in [1.82, 2.24) is 19.5 Å². The first-order valence-corrected chi connectivity index (χ1v) is 8.43. The van der Waals surface area contributed by atoms with Crippen molar-refractivity contribution in [2.24, 2.45) is 0 Å². The molecule has 0 fully saturated rings. The van der Waals surface area contributed by atoms with Crippen LogP contribution < -0.4 is 11.3 Å². The number of hydrogen-bond acceptors (Lipinski definition) is 11. The van der Waals surface area contributed by atoms with Crippen LogP contribution >= 0.6 is 0 Å². The summed E-state index contributed by atoms with van der Waals surface area (Å²) >= 11 is 0. The Morgan fingerprint density at radius 1 is 1.10 bits per heavy atom. The first kappa shape index (κ1) is 21.8. The molecule has 2 heterocycles. The molecule has 0 aromatic carbocycles. The van der Waals surface area contributed by atoms with Gasteiger partial charge in [0, 0.05) is 20.8 Å². The number of nitrogens with two attached hydrogens (primary N) is 1. The van der Waals surface area contributed by atoms with Crippen LogP contribution in [0.4, 0.5) is 5.95 Å². The van der Waals surface area contributed by atoms with Crippen molar-refractivity contribution in [1.29, 1.82) is 0 Å². The highest BCUT2D eigenvalue weighted by Gasteiger charge is 2.28. The van der Waals surface area contributed by atoms with Crippen LogP contribution in [0.2, 0.25) is 0 Å². The SMILES string of the molecule is CC(=O)OCC(OC(C)=O)[C@@H](COC(C)=O)OCn1cnc2c(=O)[nH]c(N)nc21. The van der Waals surface area contributed by atoms with E-state index in [9.17, 15) is 19.2 Å². The Bertz CT molecular complexity index is 952. The van der Waals surface area contributed by atoms with Crippen molar-refractivity contribution in [2.75, 3.05) is 18.9 Å². The van der Waals surface area contributed by atoms with Crippen LogP contribution in [0.1, 0.15) is 20.8 Å². The van der Waals surface area contributed by atoms with Crippen molar-refractivity contribution in [3.8, 4) is 0 Å². The third kappa shape index (κ3) is 6.27. The van der Waals surface area contributed by atoms with Gasteiger partial charge in [-0.15, -0.1) is 0 Å². The summed E-state index contributed by atoms with van der Waals surface area (Å²) in [6.45, 7) is 2.78. The van der Waals surface area contributed by atoms with E-state index in [1.165, 1.54) is 31.7 Å². The zero-order valence-corrected chi connectivity index (χ0v) is 16.0. The van der Waals surface area contributed by atoms with Crippen molar-refractivity contribution in [2.45, 2.75) is 39.7 Å². The highest BCUT2D eigenvalue weighted by atomic mass is 16.6. The van der Waals surface area contributed by atoms with E-state index >= 15 is 0 Å². The first-order valence-electron chi connectivity index (χ1n) is 8.43. The van der Waals surface area contributed by atoms with Crippen molar-refractivity contribution in [3.05, 3.63) is 16.7 Å². The van der Waals surface area contributed by atoms with Crippen LogP contribution in [-0.4, -0.2) is 62.8 Å². The standard InChI is InChI=1S/C16H21N5O8/c1-8(22)26-4-11(12(29-10(3)24)5-27-9(2)23)28-7-21-6-18-13-14(21)19-16(17)20-15(13)25/h6,11-12H,4-5,7H2,1-3H3,(H3,17,19,20,25)/t11-,12?/m1/s1. The molecule has 2 rings (SSSR count). The third-order valence-corrected chi connectivity index (χ3v) is 3.55. The second kappa shape index (κ2) is 9.64. The zero-order chi connectivity index (χ0) is 21.6. The molecule has 0 aliphatic carbocycles. The maximum absolute atomic E-state index is 11.9. The second-order valence-electron chi connectivity index (χ2n) is 5.93. The molecule has 3 N–H and O–H groups in total. The lowest BCUT2D eigenvalue weighted by Crippen LogP contribution is -2.41. The Hall–Kier alpha value is -3.48. The molecule has 29 heavy (non-hydrogen) atoms. The molecule has 13 nitrogen and oxygen atoms in total. The summed E-state index contributed by atoms with van der Waals surface area (Å²) < 4.78 is 22.1. The summed E-state index contributed by atoms with van der Waals surface area (Å²) in [6, 6.07) is 0. The number of fused-ring (bicyclic) bond motifs is 1. The fourth-order valence-corrected chi connectivity index (χ4v) is 2.33. The smallest absolute Gasteiger partial charge is 0.303 e. The van der Waals surface area contributed by atoms with Gasteiger partial charge in [0.1, 0.15) is 26.0 Å². The van der Waals surface area contributed by atoms with Gasteiger partial charge in [0.15, 0.2) is 17.3 Å². The van der Waals surface area contributed by atoms with Crippen LogP contribution in [0.3, 0.4) is 0 Å². The molecule has 2 aromatic heterocycles. The summed E-state index contributed by atoms with van der Waals surface area (Å²) in [5, 5.41) is 0. The van der Waals surface area contributed by atoms with Crippen molar-refractivity contribution >= 4 is 35.0 Å². The highest BCUT2D eigenvalue weighted by Crippen LogP contribution is 2.12. The Balaban J connectivity index is 2.22. The molecule has 13 heteroatoms. The molecule has 2 aromatic rings. The molecular weight excluding hydrogens is 390 g/mol. The molecule has 1 unspecified atom stereocenters. The minimum Gasteiger partial charge on any atom is -0.463 e. The minimum atomic E-state index is -1.05. The van der Waals surface area contributed by atoms with E-state index in [1.54, 1.807) is 0 Å². The van der Waals surface area contributed by atoms with Gasteiger partial charge in [0.05, 0.1) is 6.33 Å².